The minimum absolute atomic E-state index is 0.0132. The van der Waals surface area contributed by atoms with E-state index < -0.39 is 0 Å². The number of hydrogen-bond donors (Lipinski definition) is 1. The number of carbonyl (C=O) groups excluding carboxylic acids is 1. The number of primary amides is 1. The van der Waals surface area contributed by atoms with Gasteiger partial charge in [0.2, 0.25) is 5.91 Å². The van der Waals surface area contributed by atoms with Crippen LogP contribution < -0.4 is 10.6 Å². The Labute approximate surface area is 127 Å². The molecule has 2 N–H and O–H groups in total. The number of halogens is 1. The van der Waals surface area contributed by atoms with E-state index in [-0.39, 0.29) is 18.1 Å². The number of nitrogens with two attached hydrogens (primary N) is 1. The van der Waals surface area contributed by atoms with E-state index in [4.69, 9.17) is 22.1 Å². The third-order valence-electron chi connectivity index (χ3n) is 3.93. The van der Waals surface area contributed by atoms with E-state index in [0.717, 1.165) is 16.5 Å². The zero-order valence-electron chi connectivity index (χ0n) is 11.6. The van der Waals surface area contributed by atoms with E-state index in [9.17, 15) is 4.79 Å². The summed E-state index contributed by atoms with van der Waals surface area (Å²) in [5.41, 5.74) is 6.45. The highest BCUT2D eigenvalue weighted by Gasteiger charge is 2.35. The number of pyridine rings is 1. The molecule has 0 aliphatic carbocycles. The molecule has 5 nitrogen and oxygen atoms in total. The molecular formula is C15H16ClN3O2. The van der Waals surface area contributed by atoms with Gasteiger partial charge >= 0.3 is 0 Å². The predicted octanol–water partition coefficient (Wildman–Crippen LogP) is 1.97. The Kier molecular flexibility index (Phi) is 3.69. The molecule has 1 aliphatic heterocycles. The van der Waals surface area contributed by atoms with Crippen LogP contribution in [0.2, 0.25) is 5.15 Å². The van der Waals surface area contributed by atoms with Crippen LogP contribution in [0.15, 0.2) is 30.5 Å². The molecule has 1 amide bonds. The molecule has 1 fully saturated rings. The minimum Gasteiger partial charge on any atom is -0.380 e. The highest BCUT2D eigenvalue weighted by atomic mass is 35.5. The maximum atomic E-state index is 11.7. The summed E-state index contributed by atoms with van der Waals surface area (Å²) in [4.78, 5) is 17.7. The fourth-order valence-electron chi connectivity index (χ4n) is 2.80. The molecule has 0 saturated carbocycles. The van der Waals surface area contributed by atoms with Gasteiger partial charge < -0.3 is 15.4 Å². The van der Waals surface area contributed by atoms with Crippen molar-refractivity contribution in [3.63, 3.8) is 0 Å². The average Bonchev–Trinajstić information content (AvgIpc) is 2.91. The van der Waals surface area contributed by atoms with Crippen molar-refractivity contribution in [3.8, 4) is 0 Å². The second kappa shape index (κ2) is 5.50. The lowest BCUT2D eigenvalue weighted by atomic mass is 10.1. The average molecular weight is 306 g/mol. The van der Waals surface area contributed by atoms with E-state index in [1.54, 1.807) is 13.3 Å². The lowest BCUT2D eigenvalue weighted by molar-refractivity contribution is -0.119. The number of nitrogens with zero attached hydrogens (tertiary/aromatic N) is 2. The number of amides is 1. The van der Waals surface area contributed by atoms with Gasteiger partial charge in [0.25, 0.3) is 0 Å². The molecule has 1 saturated heterocycles. The molecule has 0 spiro atoms. The van der Waals surface area contributed by atoms with Crippen LogP contribution in [0.3, 0.4) is 0 Å². The normalized spacial score (nSPS) is 21.9. The van der Waals surface area contributed by atoms with Gasteiger partial charge in [-0.05, 0) is 23.6 Å². The van der Waals surface area contributed by atoms with Crippen molar-refractivity contribution in [1.82, 2.24) is 4.98 Å². The molecule has 6 heteroatoms. The van der Waals surface area contributed by atoms with Crippen LogP contribution in [-0.4, -0.2) is 36.7 Å². The van der Waals surface area contributed by atoms with Crippen molar-refractivity contribution < 1.29 is 9.53 Å². The van der Waals surface area contributed by atoms with Crippen molar-refractivity contribution in [2.45, 2.75) is 18.6 Å². The van der Waals surface area contributed by atoms with E-state index in [1.165, 1.54) is 0 Å². The summed E-state index contributed by atoms with van der Waals surface area (Å²) in [6, 6.07) is 7.39. The van der Waals surface area contributed by atoms with Crippen LogP contribution >= 0.6 is 11.6 Å². The first-order valence-corrected chi connectivity index (χ1v) is 7.10. The zero-order valence-corrected chi connectivity index (χ0v) is 12.4. The number of aromatic nitrogens is 1. The molecule has 0 unspecified atom stereocenters. The number of fused-ring (bicyclic) bond motifs is 1. The molecule has 2 atom stereocenters. The van der Waals surface area contributed by atoms with E-state index >= 15 is 0 Å². The molecular weight excluding hydrogens is 290 g/mol. The van der Waals surface area contributed by atoms with Gasteiger partial charge in [0.15, 0.2) is 0 Å². The fraction of sp³-hybridized carbons (Fsp3) is 0.333. The predicted molar refractivity (Wildman–Crippen MR) is 82.5 cm³/mol. The number of ether oxygens (including phenoxy) is 1. The van der Waals surface area contributed by atoms with Crippen LogP contribution in [0.25, 0.3) is 10.8 Å². The summed E-state index contributed by atoms with van der Waals surface area (Å²) in [7, 11) is 1.65. The third-order valence-corrected chi connectivity index (χ3v) is 4.13. The molecule has 1 aromatic heterocycles. The van der Waals surface area contributed by atoms with Crippen molar-refractivity contribution in [3.05, 3.63) is 35.6 Å². The van der Waals surface area contributed by atoms with Crippen LogP contribution in [0, 0.1) is 0 Å². The van der Waals surface area contributed by atoms with Gasteiger partial charge in [0.05, 0.1) is 6.10 Å². The molecule has 0 radical (unpaired) electrons. The number of rotatable bonds is 3. The second-order valence-electron chi connectivity index (χ2n) is 5.20. The Morgan fingerprint density at radius 2 is 2.24 bits per heavy atom. The van der Waals surface area contributed by atoms with Gasteiger partial charge in [-0.1, -0.05) is 17.7 Å². The highest BCUT2D eigenvalue weighted by molar-refractivity contribution is 6.30. The lowest BCUT2D eigenvalue weighted by Gasteiger charge is -2.24. The van der Waals surface area contributed by atoms with E-state index in [0.29, 0.717) is 18.1 Å². The monoisotopic (exact) mass is 305 g/mol. The van der Waals surface area contributed by atoms with Gasteiger partial charge in [-0.25, -0.2) is 4.98 Å². The number of hydrogen-bond acceptors (Lipinski definition) is 4. The molecule has 0 bridgehead atoms. The summed E-state index contributed by atoms with van der Waals surface area (Å²) in [5.74, 6) is -0.331. The number of benzene rings is 1. The zero-order chi connectivity index (χ0) is 15.0. The summed E-state index contributed by atoms with van der Waals surface area (Å²) in [5, 5.41) is 2.43. The van der Waals surface area contributed by atoms with Crippen molar-refractivity contribution in [2.75, 3.05) is 18.6 Å². The van der Waals surface area contributed by atoms with E-state index in [2.05, 4.69) is 4.98 Å². The largest absolute Gasteiger partial charge is 0.380 e. The van der Waals surface area contributed by atoms with Crippen molar-refractivity contribution in [1.29, 1.82) is 0 Å². The van der Waals surface area contributed by atoms with E-state index in [1.807, 2.05) is 29.2 Å². The maximum Gasteiger partial charge on any atom is 0.240 e. The molecule has 21 heavy (non-hydrogen) atoms. The summed E-state index contributed by atoms with van der Waals surface area (Å²) >= 11 is 5.94. The summed E-state index contributed by atoms with van der Waals surface area (Å²) in [6.07, 6.45) is 2.36. The van der Waals surface area contributed by atoms with Crippen molar-refractivity contribution in [2.24, 2.45) is 5.73 Å². The maximum absolute atomic E-state index is 11.7. The Bertz CT molecular complexity index is 692. The SMILES string of the molecule is CO[C@H]1C[C@@H](C(N)=O)N(c2ccc3cnc(Cl)cc3c2)C1. The number of methoxy groups -OCH3 is 1. The molecule has 2 aromatic rings. The lowest BCUT2D eigenvalue weighted by Crippen LogP contribution is -2.40. The highest BCUT2D eigenvalue weighted by Crippen LogP contribution is 2.30. The van der Waals surface area contributed by atoms with Crippen LogP contribution in [-0.2, 0) is 9.53 Å². The molecule has 110 valence electrons. The summed E-state index contributed by atoms with van der Waals surface area (Å²) in [6.45, 7) is 0.647. The fourth-order valence-corrected chi connectivity index (χ4v) is 2.97. The topological polar surface area (TPSA) is 68.5 Å². The molecule has 1 aromatic carbocycles. The first kappa shape index (κ1) is 14.1. The Hall–Kier alpha value is -1.85. The molecule has 2 heterocycles. The number of anilines is 1. The minimum atomic E-state index is -0.343. The first-order chi connectivity index (χ1) is 10.1. The smallest absolute Gasteiger partial charge is 0.240 e. The van der Waals surface area contributed by atoms with Crippen LogP contribution in [0.4, 0.5) is 5.69 Å². The molecule has 3 rings (SSSR count). The second-order valence-corrected chi connectivity index (χ2v) is 5.59. The Morgan fingerprint density at radius 3 is 2.95 bits per heavy atom. The van der Waals surface area contributed by atoms with Crippen LogP contribution in [0.1, 0.15) is 6.42 Å². The van der Waals surface area contributed by atoms with Crippen LogP contribution in [0.5, 0.6) is 0 Å². The third kappa shape index (κ3) is 2.66. The molecule has 1 aliphatic rings. The first-order valence-electron chi connectivity index (χ1n) is 6.72. The number of carbonyl (C=O) groups is 1. The Morgan fingerprint density at radius 1 is 1.43 bits per heavy atom. The van der Waals surface area contributed by atoms with Gasteiger partial charge in [0.1, 0.15) is 11.2 Å². The van der Waals surface area contributed by atoms with Gasteiger partial charge in [-0.3, -0.25) is 4.79 Å². The summed E-state index contributed by atoms with van der Waals surface area (Å²) < 4.78 is 5.37. The quantitative estimate of drug-likeness (QED) is 0.880. The van der Waals surface area contributed by atoms with Gasteiger partial charge in [-0.2, -0.15) is 0 Å². The standard InChI is InChI=1S/C15H16ClN3O2/c1-21-12-6-13(15(17)20)19(8-12)11-3-2-9-7-18-14(16)5-10(9)4-11/h2-5,7,12-13H,6,8H2,1H3,(H2,17,20)/t12-,13-/m0/s1. The van der Waals surface area contributed by atoms with Crippen molar-refractivity contribution >= 4 is 34.0 Å². The van der Waals surface area contributed by atoms with Gasteiger partial charge in [0, 0.05) is 37.3 Å². The Balaban J connectivity index is 2.00. The van der Waals surface area contributed by atoms with Gasteiger partial charge in [-0.15, -0.1) is 0 Å².